The third-order valence-electron chi connectivity index (χ3n) is 2.77. The van der Waals surface area contributed by atoms with E-state index in [1.807, 2.05) is 49.1 Å². The number of carbonyl (C=O) groups excluding carboxylic acids is 1. The van der Waals surface area contributed by atoms with E-state index in [1.54, 1.807) is 0 Å². The minimum atomic E-state index is -0.0256. The van der Waals surface area contributed by atoms with Crippen molar-refractivity contribution in [2.24, 2.45) is 5.73 Å². The fourth-order valence-corrected chi connectivity index (χ4v) is 1.73. The first-order valence-electron chi connectivity index (χ1n) is 6.43. The van der Waals surface area contributed by atoms with Gasteiger partial charge in [-0.15, -0.1) is 0 Å². The Bertz CT molecular complexity index is 351. The van der Waals surface area contributed by atoms with Crippen LogP contribution >= 0.6 is 0 Å². The number of nitrogens with one attached hydrogen (secondary N) is 1. The molecule has 2 amide bonds. The second-order valence-corrected chi connectivity index (χ2v) is 4.57. The Kier molecular flexibility index (Phi) is 6.22. The molecule has 0 aromatic heterocycles. The molecular formula is C14H23N3O. The van der Waals surface area contributed by atoms with Gasteiger partial charge in [0.15, 0.2) is 0 Å². The van der Waals surface area contributed by atoms with Gasteiger partial charge in [0.1, 0.15) is 0 Å². The highest BCUT2D eigenvalue weighted by atomic mass is 16.2. The summed E-state index contributed by atoms with van der Waals surface area (Å²) in [6.45, 7) is 5.90. The van der Waals surface area contributed by atoms with Gasteiger partial charge in [0, 0.05) is 19.1 Å². The van der Waals surface area contributed by atoms with Gasteiger partial charge in [0.2, 0.25) is 0 Å². The third-order valence-corrected chi connectivity index (χ3v) is 2.77. The van der Waals surface area contributed by atoms with E-state index < -0.39 is 0 Å². The van der Waals surface area contributed by atoms with Crippen LogP contribution in [0, 0.1) is 0 Å². The number of urea groups is 1. The molecule has 0 aliphatic heterocycles. The number of benzene rings is 1. The Morgan fingerprint density at radius 3 is 2.56 bits per heavy atom. The normalized spacial score (nSPS) is 10.4. The molecule has 0 aliphatic rings. The zero-order valence-corrected chi connectivity index (χ0v) is 11.2. The number of hydrogen-bond acceptors (Lipinski definition) is 2. The van der Waals surface area contributed by atoms with Crippen LogP contribution in [0.15, 0.2) is 30.3 Å². The summed E-state index contributed by atoms with van der Waals surface area (Å²) in [5, 5.41) is 2.94. The van der Waals surface area contributed by atoms with Crippen molar-refractivity contribution in [2.75, 3.05) is 13.1 Å². The second-order valence-electron chi connectivity index (χ2n) is 4.57. The van der Waals surface area contributed by atoms with Crippen molar-refractivity contribution in [1.82, 2.24) is 10.2 Å². The molecule has 100 valence electrons. The number of carbonyl (C=O) groups is 1. The van der Waals surface area contributed by atoms with Gasteiger partial charge in [0.25, 0.3) is 0 Å². The first-order chi connectivity index (χ1) is 8.65. The van der Waals surface area contributed by atoms with Crippen LogP contribution in [0.2, 0.25) is 0 Å². The van der Waals surface area contributed by atoms with Gasteiger partial charge in [-0.25, -0.2) is 4.79 Å². The molecule has 0 radical (unpaired) electrons. The van der Waals surface area contributed by atoms with Gasteiger partial charge in [-0.2, -0.15) is 0 Å². The Balaban J connectivity index is 2.46. The summed E-state index contributed by atoms with van der Waals surface area (Å²) in [5.41, 5.74) is 6.59. The van der Waals surface area contributed by atoms with Crippen LogP contribution in [0.5, 0.6) is 0 Å². The molecule has 0 spiro atoms. The quantitative estimate of drug-likeness (QED) is 0.809. The van der Waals surface area contributed by atoms with Gasteiger partial charge in [-0.1, -0.05) is 30.3 Å². The van der Waals surface area contributed by atoms with E-state index in [0.29, 0.717) is 19.6 Å². The van der Waals surface area contributed by atoms with Crippen LogP contribution in [0.3, 0.4) is 0 Å². The van der Waals surface area contributed by atoms with Crippen molar-refractivity contribution >= 4 is 6.03 Å². The van der Waals surface area contributed by atoms with Crippen molar-refractivity contribution in [3.63, 3.8) is 0 Å². The number of hydrogen-bond donors (Lipinski definition) is 2. The van der Waals surface area contributed by atoms with Crippen LogP contribution in [0.25, 0.3) is 0 Å². The molecule has 1 rings (SSSR count). The molecular weight excluding hydrogens is 226 g/mol. The van der Waals surface area contributed by atoms with E-state index in [1.165, 1.54) is 0 Å². The maximum absolute atomic E-state index is 12.0. The lowest BCUT2D eigenvalue weighted by molar-refractivity contribution is 0.182. The highest BCUT2D eigenvalue weighted by Crippen LogP contribution is 2.02. The Morgan fingerprint density at radius 2 is 2.00 bits per heavy atom. The summed E-state index contributed by atoms with van der Waals surface area (Å²) in [7, 11) is 0. The van der Waals surface area contributed by atoms with E-state index in [9.17, 15) is 4.79 Å². The largest absolute Gasteiger partial charge is 0.334 e. The van der Waals surface area contributed by atoms with E-state index >= 15 is 0 Å². The molecule has 0 atom stereocenters. The van der Waals surface area contributed by atoms with Crippen LogP contribution in [-0.2, 0) is 6.54 Å². The first kappa shape index (κ1) is 14.5. The molecule has 0 saturated heterocycles. The van der Waals surface area contributed by atoms with Crippen LogP contribution in [-0.4, -0.2) is 30.1 Å². The summed E-state index contributed by atoms with van der Waals surface area (Å²) in [6, 6.07) is 10.1. The smallest absolute Gasteiger partial charge is 0.317 e. The molecule has 0 unspecified atom stereocenters. The molecule has 0 heterocycles. The topological polar surface area (TPSA) is 58.4 Å². The lowest BCUT2D eigenvalue weighted by Gasteiger charge is -2.26. The third kappa shape index (κ3) is 4.75. The SMILES string of the molecule is CC(C)N(CCCN)C(=O)NCc1ccccc1. The van der Waals surface area contributed by atoms with Gasteiger partial charge >= 0.3 is 6.03 Å². The lowest BCUT2D eigenvalue weighted by atomic mass is 10.2. The van der Waals surface area contributed by atoms with Gasteiger partial charge in [-0.3, -0.25) is 0 Å². The van der Waals surface area contributed by atoms with E-state index in [4.69, 9.17) is 5.73 Å². The molecule has 4 nitrogen and oxygen atoms in total. The first-order valence-corrected chi connectivity index (χ1v) is 6.43. The van der Waals surface area contributed by atoms with Crippen molar-refractivity contribution in [3.05, 3.63) is 35.9 Å². The Morgan fingerprint density at radius 1 is 1.33 bits per heavy atom. The monoisotopic (exact) mass is 249 g/mol. The van der Waals surface area contributed by atoms with Crippen LogP contribution < -0.4 is 11.1 Å². The molecule has 0 bridgehead atoms. The average Bonchev–Trinajstić information content (AvgIpc) is 2.37. The molecule has 0 aliphatic carbocycles. The molecule has 0 saturated carbocycles. The minimum Gasteiger partial charge on any atom is -0.334 e. The zero-order chi connectivity index (χ0) is 13.4. The number of amides is 2. The Hall–Kier alpha value is -1.55. The zero-order valence-electron chi connectivity index (χ0n) is 11.2. The summed E-state index contributed by atoms with van der Waals surface area (Å²) in [4.78, 5) is 13.9. The number of rotatable bonds is 6. The van der Waals surface area contributed by atoms with Crippen molar-refractivity contribution < 1.29 is 4.79 Å². The number of nitrogens with zero attached hydrogens (tertiary/aromatic N) is 1. The fourth-order valence-electron chi connectivity index (χ4n) is 1.73. The van der Waals surface area contributed by atoms with Crippen LogP contribution in [0.4, 0.5) is 4.79 Å². The molecule has 1 aromatic rings. The van der Waals surface area contributed by atoms with Gasteiger partial charge < -0.3 is 16.0 Å². The second kappa shape index (κ2) is 7.71. The lowest BCUT2D eigenvalue weighted by Crippen LogP contribution is -2.44. The average molecular weight is 249 g/mol. The van der Waals surface area contributed by atoms with Gasteiger partial charge in [0.05, 0.1) is 0 Å². The fraction of sp³-hybridized carbons (Fsp3) is 0.500. The Labute approximate surface area is 109 Å². The summed E-state index contributed by atoms with van der Waals surface area (Å²) < 4.78 is 0. The maximum atomic E-state index is 12.0. The van der Waals surface area contributed by atoms with Crippen molar-refractivity contribution in [3.8, 4) is 0 Å². The minimum absolute atomic E-state index is 0.0256. The van der Waals surface area contributed by atoms with Crippen molar-refractivity contribution in [1.29, 1.82) is 0 Å². The highest BCUT2D eigenvalue weighted by Gasteiger charge is 2.15. The number of nitrogens with two attached hydrogens (primary N) is 1. The highest BCUT2D eigenvalue weighted by molar-refractivity contribution is 5.74. The van der Waals surface area contributed by atoms with Gasteiger partial charge in [-0.05, 0) is 32.4 Å². The summed E-state index contributed by atoms with van der Waals surface area (Å²) >= 11 is 0. The molecule has 1 aromatic carbocycles. The van der Waals surface area contributed by atoms with E-state index in [-0.39, 0.29) is 12.1 Å². The van der Waals surface area contributed by atoms with E-state index in [0.717, 1.165) is 12.0 Å². The van der Waals surface area contributed by atoms with Crippen molar-refractivity contribution in [2.45, 2.75) is 32.9 Å². The van der Waals surface area contributed by atoms with E-state index in [2.05, 4.69) is 5.32 Å². The van der Waals surface area contributed by atoms with Crippen LogP contribution in [0.1, 0.15) is 25.8 Å². The molecule has 3 N–H and O–H groups in total. The predicted molar refractivity (Wildman–Crippen MR) is 74.2 cm³/mol. The predicted octanol–water partition coefficient (Wildman–Crippen LogP) is 1.96. The summed E-state index contributed by atoms with van der Waals surface area (Å²) in [5.74, 6) is 0. The molecule has 18 heavy (non-hydrogen) atoms. The standard InChI is InChI=1S/C14H23N3O/c1-12(2)17(10-6-9-15)14(18)16-11-13-7-4-3-5-8-13/h3-5,7-8,12H,6,9-11,15H2,1-2H3,(H,16,18). The molecule has 4 heteroatoms. The molecule has 0 fully saturated rings. The summed E-state index contributed by atoms with van der Waals surface area (Å²) in [6.07, 6.45) is 0.830. The maximum Gasteiger partial charge on any atom is 0.317 e.